The van der Waals surface area contributed by atoms with Crippen molar-refractivity contribution in [3.05, 3.63) is 46.4 Å². The van der Waals surface area contributed by atoms with E-state index in [9.17, 15) is 14.0 Å². The van der Waals surface area contributed by atoms with Gasteiger partial charge in [0.15, 0.2) is 5.69 Å². The minimum Gasteiger partial charge on any atom is -0.476 e. The summed E-state index contributed by atoms with van der Waals surface area (Å²) in [5.74, 6) is -2.61. The number of carboxylic acids is 1. The smallest absolute Gasteiger partial charge is 0.356 e. The number of carboxylic acid groups (broad SMARTS) is 1. The Bertz CT molecular complexity index is 803. The molecule has 0 atom stereocenters. The molecule has 0 radical (unpaired) electrons. The molecule has 1 aromatic carbocycles. The predicted octanol–water partition coefficient (Wildman–Crippen LogP) is 1.88. The molecule has 0 aliphatic heterocycles. The second kappa shape index (κ2) is 5.44. The number of carbonyl (C=O) groups excluding carboxylic acids is 1. The Hall–Kier alpha value is -2.96. The summed E-state index contributed by atoms with van der Waals surface area (Å²) >= 11 is 0. The molecule has 0 aliphatic carbocycles. The molecule has 0 unspecified atom stereocenters. The molecule has 0 fully saturated rings. The van der Waals surface area contributed by atoms with Gasteiger partial charge in [-0.05, 0) is 43.2 Å². The fourth-order valence-corrected chi connectivity index (χ4v) is 2.12. The van der Waals surface area contributed by atoms with Crippen LogP contribution in [0.4, 0.5) is 10.1 Å². The lowest BCUT2D eigenvalue weighted by Crippen LogP contribution is -2.15. The molecule has 0 aliphatic rings. The van der Waals surface area contributed by atoms with E-state index in [1.54, 1.807) is 6.92 Å². The van der Waals surface area contributed by atoms with E-state index in [1.165, 1.54) is 25.1 Å². The van der Waals surface area contributed by atoms with Crippen LogP contribution in [0.1, 0.15) is 32.0 Å². The van der Waals surface area contributed by atoms with E-state index in [0.717, 1.165) is 0 Å². The van der Waals surface area contributed by atoms with E-state index in [1.807, 2.05) is 0 Å². The number of pyridine rings is 1. The van der Waals surface area contributed by atoms with E-state index in [2.05, 4.69) is 4.98 Å². The van der Waals surface area contributed by atoms with Gasteiger partial charge in [0.2, 0.25) is 5.91 Å². The van der Waals surface area contributed by atoms with Gasteiger partial charge in [0.05, 0.1) is 11.4 Å². The van der Waals surface area contributed by atoms with Crippen LogP contribution < -0.4 is 11.5 Å². The highest BCUT2D eigenvalue weighted by atomic mass is 19.1. The van der Waals surface area contributed by atoms with Gasteiger partial charge < -0.3 is 16.6 Å². The minimum absolute atomic E-state index is 0.000556. The number of primary amides is 1. The van der Waals surface area contributed by atoms with Crippen LogP contribution in [-0.2, 0) is 0 Å². The molecule has 0 bridgehead atoms. The SMILES string of the molecule is Cc1c(C(N)=O)cc(-c2ccc(N)c(C(=O)O)n2)c(F)c1C. The molecule has 5 N–H and O–H groups in total. The van der Waals surface area contributed by atoms with E-state index in [4.69, 9.17) is 16.6 Å². The molecular weight excluding hydrogens is 289 g/mol. The highest BCUT2D eigenvalue weighted by Crippen LogP contribution is 2.29. The number of aromatic carboxylic acids is 1. The van der Waals surface area contributed by atoms with E-state index in [0.29, 0.717) is 5.56 Å². The summed E-state index contributed by atoms with van der Waals surface area (Å²) in [6.07, 6.45) is 0. The van der Waals surface area contributed by atoms with Crippen LogP contribution in [0.5, 0.6) is 0 Å². The first-order valence-corrected chi connectivity index (χ1v) is 6.33. The number of nitrogens with two attached hydrogens (primary N) is 2. The summed E-state index contributed by atoms with van der Waals surface area (Å²) < 4.78 is 14.5. The third-order valence-electron chi connectivity index (χ3n) is 3.49. The zero-order valence-corrected chi connectivity index (χ0v) is 12.0. The summed E-state index contributed by atoms with van der Waals surface area (Å²) in [6, 6.07) is 3.98. The lowest BCUT2D eigenvalue weighted by Gasteiger charge is -2.12. The Morgan fingerprint density at radius 2 is 1.86 bits per heavy atom. The van der Waals surface area contributed by atoms with Gasteiger partial charge in [-0.2, -0.15) is 0 Å². The van der Waals surface area contributed by atoms with Gasteiger partial charge in [0.25, 0.3) is 0 Å². The molecule has 6 nitrogen and oxygen atoms in total. The maximum atomic E-state index is 14.5. The zero-order chi connectivity index (χ0) is 16.6. The van der Waals surface area contributed by atoms with E-state index in [-0.39, 0.29) is 33.8 Å². The first kappa shape index (κ1) is 15.4. The van der Waals surface area contributed by atoms with Gasteiger partial charge in [-0.1, -0.05) is 0 Å². The number of benzene rings is 1. The summed E-state index contributed by atoms with van der Waals surface area (Å²) in [5.41, 5.74) is 11.3. The van der Waals surface area contributed by atoms with Gasteiger partial charge >= 0.3 is 5.97 Å². The summed E-state index contributed by atoms with van der Waals surface area (Å²) in [6.45, 7) is 3.09. The van der Waals surface area contributed by atoms with Crippen molar-refractivity contribution in [1.82, 2.24) is 4.98 Å². The maximum absolute atomic E-state index is 14.5. The Kier molecular flexibility index (Phi) is 3.81. The van der Waals surface area contributed by atoms with E-state index < -0.39 is 17.7 Å². The van der Waals surface area contributed by atoms with Gasteiger partial charge in [0.1, 0.15) is 5.82 Å². The molecule has 1 amide bonds. The number of halogens is 1. The number of rotatable bonds is 3. The van der Waals surface area contributed by atoms with Crippen LogP contribution in [0, 0.1) is 19.7 Å². The maximum Gasteiger partial charge on any atom is 0.356 e. The quantitative estimate of drug-likeness (QED) is 0.799. The van der Waals surface area contributed by atoms with Crippen LogP contribution in [-0.4, -0.2) is 22.0 Å². The van der Waals surface area contributed by atoms with Crippen LogP contribution in [0.2, 0.25) is 0 Å². The average Bonchev–Trinajstić information content (AvgIpc) is 2.45. The Morgan fingerprint density at radius 3 is 2.41 bits per heavy atom. The fraction of sp³-hybridized carbons (Fsp3) is 0.133. The largest absolute Gasteiger partial charge is 0.476 e. The van der Waals surface area contributed by atoms with Crippen molar-refractivity contribution >= 4 is 17.6 Å². The lowest BCUT2D eigenvalue weighted by atomic mass is 9.96. The van der Waals surface area contributed by atoms with Gasteiger partial charge in [0, 0.05) is 11.1 Å². The van der Waals surface area contributed by atoms with Crippen LogP contribution >= 0.6 is 0 Å². The molecule has 2 aromatic rings. The summed E-state index contributed by atoms with van der Waals surface area (Å²) in [7, 11) is 0. The molecule has 2 rings (SSSR count). The second-order valence-corrected chi connectivity index (χ2v) is 4.84. The van der Waals surface area contributed by atoms with Crippen LogP contribution in [0.3, 0.4) is 0 Å². The number of nitrogen functional groups attached to an aromatic ring is 1. The van der Waals surface area contributed by atoms with E-state index >= 15 is 0 Å². The number of anilines is 1. The fourth-order valence-electron chi connectivity index (χ4n) is 2.12. The number of amides is 1. The molecular formula is C15H14FN3O3. The third kappa shape index (κ3) is 2.48. The van der Waals surface area contributed by atoms with Crippen molar-refractivity contribution < 1.29 is 19.1 Å². The van der Waals surface area contributed by atoms with Crippen LogP contribution in [0.25, 0.3) is 11.3 Å². The highest BCUT2D eigenvalue weighted by molar-refractivity contribution is 5.96. The number of hydrogen-bond donors (Lipinski definition) is 3. The molecule has 22 heavy (non-hydrogen) atoms. The number of carbonyl (C=O) groups is 2. The van der Waals surface area contributed by atoms with Gasteiger partial charge in [-0.25, -0.2) is 14.2 Å². The Labute approximate surface area is 125 Å². The zero-order valence-electron chi connectivity index (χ0n) is 12.0. The summed E-state index contributed by atoms with van der Waals surface area (Å²) in [4.78, 5) is 26.4. The Morgan fingerprint density at radius 1 is 1.23 bits per heavy atom. The molecule has 1 heterocycles. The minimum atomic E-state index is -1.32. The topological polar surface area (TPSA) is 119 Å². The first-order chi connectivity index (χ1) is 10.2. The first-order valence-electron chi connectivity index (χ1n) is 6.33. The third-order valence-corrected chi connectivity index (χ3v) is 3.49. The number of hydrogen-bond acceptors (Lipinski definition) is 4. The molecule has 0 saturated heterocycles. The van der Waals surface area contributed by atoms with Crippen LogP contribution in [0.15, 0.2) is 18.2 Å². The number of nitrogens with zero attached hydrogens (tertiary/aromatic N) is 1. The monoisotopic (exact) mass is 303 g/mol. The molecule has 1 aromatic heterocycles. The van der Waals surface area contributed by atoms with Crippen molar-refractivity contribution in [2.24, 2.45) is 5.73 Å². The number of aromatic nitrogens is 1. The second-order valence-electron chi connectivity index (χ2n) is 4.84. The predicted molar refractivity (Wildman–Crippen MR) is 79.0 cm³/mol. The van der Waals surface area contributed by atoms with Crippen molar-refractivity contribution in [2.45, 2.75) is 13.8 Å². The van der Waals surface area contributed by atoms with Gasteiger partial charge in [-0.3, -0.25) is 4.79 Å². The molecule has 0 spiro atoms. The molecule has 0 saturated carbocycles. The van der Waals surface area contributed by atoms with Gasteiger partial charge in [-0.15, -0.1) is 0 Å². The normalized spacial score (nSPS) is 10.5. The average molecular weight is 303 g/mol. The molecule has 7 heteroatoms. The molecule has 114 valence electrons. The summed E-state index contributed by atoms with van der Waals surface area (Å²) in [5, 5.41) is 9.04. The van der Waals surface area contributed by atoms with Crippen molar-refractivity contribution in [3.63, 3.8) is 0 Å². The van der Waals surface area contributed by atoms with Crippen molar-refractivity contribution in [1.29, 1.82) is 0 Å². The van der Waals surface area contributed by atoms with Crippen molar-refractivity contribution in [3.8, 4) is 11.3 Å². The highest BCUT2D eigenvalue weighted by Gasteiger charge is 2.19. The standard InChI is InChI=1S/C15H14FN3O3/c1-6-7(2)12(16)9(5-8(6)14(18)20)11-4-3-10(17)13(19-11)15(21)22/h3-5H,17H2,1-2H3,(H2,18,20)(H,21,22). The Balaban J connectivity index is 2.75. The lowest BCUT2D eigenvalue weighted by molar-refractivity contribution is 0.0691. The van der Waals surface area contributed by atoms with Crippen molar-refractivity contribution in [2.75, 3.05) is 5.73 Å².